The highest BCUT2D eigenvalue weighted by Crippen LogP contribution is 2.30. The molecule has 9 nitrogen and oxygen atoms in total. The van der Waals surface area contributed by atoms with Crippen molar-refractivity contribution in [1.29, 1.82) is 0 Å². The Morgan fingerprint density at radius 3 is 2.54 bits per heavy atom. The molecule has 0 saturated carbocycles. The van der Waals surface area contributed by atoms with E-state index in [0.29, 0.717) is 16.4 Å². The molecule has 2 aliphatic heterocycles. The zero-order valence-corrected chi connectivity index (χ0v) is 14.4. The number of fused-ring (bicyclic) bond motifs is 1. The fraction of sp³-hybridized carbons (Fsp3) is 0.412. The van der Waals surface area contributed by atoms with Crippen LogP contribution >= 0.6 is 0 Å². The first-order valence-corrected chi connectivity index (χ1v) is 8.22. The first-order chi connectivity index (χ1) is 12.4. The number of urea groups is 1. The van der Waals surface area contributed by atoms with E-state index >= 15 is 0 Å². The third kappa shape index (κ3) is 3.32. The van der Waals surface area contributed by atoms with Gasteiger partial charge in [-0.3, -0.25) is 19.3 Å². The van der Waals surface area contributed by atoms with Crippen molar-refractivity contribution >= 4 is 23.8 Å². The molecule has 1 N–H and O–H groups in total. The van der Waals surface area contributed by atoms with Crippen LogP contribution in [0.1, 0.15) is 13.8 Å². The molecular weight excluding hydrogens is 342 g/mol. The third-order valence-electron chi connectivity index (χ3n) is 4.00. The van der Waals surface area contributed by atoms with Crippen LogP contribution in [-0.2, 0) is 14.4 Å². The molecule has 0 aliphatic carbocycles. The minimum atomic E-state index is -0.995. The Kier molecular flexibility index (Phi) is 4.79. The molecule has 5 amide bonds. The standard InChI is InChI=1S/C17H19N3O6/c1-10(2)20-16(23)15(22)19(17(20)24)8-14(21)18-7-11-9-25-12-5-3-4-6-13(12)26-11/h3-6,10-11H,7-9H2,1-2H3,(H,18,21)/t11-/m0/s1. The Labute approximate surface area is 149 Å². The van der Waals surface area contributed by atoms with E-state index in [9.17, 15) is 19.2 Å². The molecule has 1 saturated heterocycles. The molecule has 138 valence electrons. The summed E-state index contributed by atoms with van der Waals surface area (Å²) in [7, 11) is 0. The first-order valence-electron chi connectivity index (χ1n) is 8.22. The number of carbonyl (C=O) groups excluding carboxylic acids is 4. The molecule has 0 aromatic heterocycles. The lowest BCUT2D eigenvalue weighted by atomic mass is 10.2. The lowest BCUT2D eigenvalue weighted by Crippen LogP contribution is -2.46. The van der Waals surface area contributed by atoms with E-state index in [-0.39, 0.29) is 13.2 Å². The highest BCUT2D eigenvalue weighted by Gasteiger charge is 2.46. The number of rotatable bonds is 5. The first kappa shape index (κ1) is 17.7. The number of amides is 5. The van der Waals surface area contributed by atoms with E-state index in [2.05, 4.69) is 5.32 Å². The van der Waals surface area contributed by atoms with Crippen LogP contribution in [0.4, 0.5) is 4.79 Å². The van der Waals surface area contributed by atoms with E-state index in [1.165, 1.54) is 0 Å². The normalized spacial score (nSPS) is 19.3. The Hall–Kier alpha value is -3.10. The van der Waals surface area contributed by atoms with Crippen LogP contribution < -0.4 is 14.8 Å². The van der Waals surface area contributed by atoms with Crippen LogP contribution in [0.2, 0.25) is 0 Å². The molecule has 1 atom stereocenters. The smallest absolute Gasteiger partial charge is 0.334 e. The molecule has 2 aliphatic rings. The Morgan fingerprint density at radius 1 is 1.19 bits per heavy atom. The summed E-state index contributed by atoms with van der Waals surface area (Å²) in [5, 5.41) is 2.59. The van der Waals surface area contributed by atoms with Gasteiger partial charge in [0.05, 0.1) is 6.54 Å². The molecular formula is C17H19N3O6. The van der Waals surface area contributed by atoms with Gasteiger partial charge in [-0.1, -0.05) is 12.1 Å². The van der Waals surface area contributed by atoms with Gasteiger partial charge >= 0.3 is 17.8 Å². The van der Waals surface area contributed by atoms with Gasteiger partial charge in [-0.2, -0.15) is 0 Å². The van der Waals surface area contributed by atoms with Crippen molar-refractivity contribution in [3.05, 3.63) is 24.3 Å². The maximum Gasteiger partial charge on any atom is 0.334 e. The van der Waals surface area contributed by atoms with E-state index < -0.39 is 42.4 Å². The van der Waals surface area contributed by atoms with Crippen molar-refractivity contribution in [2.45, 2.75) is 26.0 Å². The average Bonchev–Trinajstić information content (AvgIpc) is 2.83. The molecule has 1 fully saturated rings. The molecule has 3 rings (SSSR count). The highest BCUT2D eigenvalue weighted by atomic mass is 16.6. The molecule has 0 bridgehead atoms. The number of benzene rings is 1. The highest BCUT2D eigenvalue weighted by molar-refractivity contribution is 6.45. The Morgan fingerprint density at radius 2 is 1.88 bits per heavy atom. The number of nitrogens with zero attached hydrogens (tertiary/aromatic N) is 2. The molecule has 26 heavy (non-hydrogen) atoms. The van der Waals surface area contributed by atoms with Gasteiger partial charge in [0.25, 0.3) is 0 Å². The van der Waals surface area contributed by atoms with Gasteiger partial charge in [0, 0.05) is 6.04 Å². The van der Waals surface area contributed by atoms with E-state index in [1.54, 1.807) is 26.0 Å². The minimum absolute atomic E-state index is 0.144. The summed E-state index contributed by atoms with van der Waals surface area (Å²) in [6.07, 6.45) is -0.396. The predicted molar refractivity (Wildman–Crippen MR) is 88.5 cm³/mol. The molecule has 1 aromatic rings. The van der Waals surface area contributed by atoms with E-state index in [1.807, 2.05) is 12.1 Å². The zero-order valence-electron chi connectivity index (χ0n) is 14.4. The second-order valence-corrected chi connectivity index (χ2v) is 6.24. The summed E-state index contributed by atoms with van der Waals surface area (Å²) in [5.41, 5.74) is 0. The second-order valence-electron chi connectivity index (χ2n) is 6.24. The number of hydrogen-bond donors (Lipinski definition) is 1. The summed E-state index contributed by atoms with van der Waals surface area (Å²) in [5.74, 6) is -1.26. The maximum atomic E-state index is 12.1. The van der Waals surface area contributed by atoms with Crippen LogP contribution in [-0.4, -0.2) is 65.4 Å². The number of nitrogens with one attached hydrogen (secondary N) is 1. The van der Waals surface area contributed by atoms with Crippen LogP contribution in [0.25, 0.3) is 0 Å². The molecule has 0 spiro atoms. The van der Waals surface area contributed by atoms with Crippen molar-refractivity contribution in [3.63, 3.8) is 0 Å². The summed E-state index contributed by atoms with van der Waals surface area (Å²) < 4.78 is 11.3. The van der Waals surface area contributed by atoms with Gasteiger partial charge in [0.15, 0.2) is 11.5 Å². The fourth-order valence-corrected chi connectivity index (χ4v) is 2.71. The van der Waals surface area contributed by atoms with Gasteiger partial charge in [0.1, 0.15) is 19.3 Å². The minimum Gasteiger partial charge on any atom is -0.486 e. The van der Waals surface area contributed by atoms with Crippen LogP contribution in [0.15, 0.2) is 24.3 Å². The van der Waals surface area contributed by atoms with Crippen molar-refractivity contribution in [2.24, 2.45) is 0 Å². The van der Waals surface area contributed by atoms with Gasteiger partial charge in [-0.25, -0.2) is 9.69 Å². The zero-order chi connectivity index (χ0) is 18.8. The Balaban J connectivity index is 1.53. The summed E-state index contributed by atoms with van der Waals surface area (Å²) in [4.78, 5) is 49.4. The number of hydrogen-bond acceptors (Lipinski definition) is 6. The molecule has 1 aromatic carbocycles. The number of carbonyl (C=O) groups is 4. The number of ether oxygens (including phenoxy) is 2. The summed E-state index contributed by atoms with van der Waals surface area (Å²) in [6.45, 7) is 3.12. The molecule has 0 radical (unpaired) electrons. The van der Waals surface area contributed by atoms with Gasteiger partial charge in [-0.05, 0) is 26.0 Å². The second kappa shape index (κ2) is 7.03. The van der Waals surface area contributed by atoms with Crippen LogP contribution in [0.3, 0.4) is 0 Å². The SMILES string of the molecule is CC(C)N1C(=O)C(=O)N(CC(=O)NC[C@H]2COc3ccccc3O2)C1=O. The fourth-order valence-electron chi connectivity index (χ4n) is 2.71. The summed E-state index contributed by atoms with van der Waals surface area (Å²) >= 11 is 0. The maximum absolute atomic E-state index is 12.1. The average molecular weight is 361 g/mol. The lowest BCUT2D eigenvalue weighted by Gasteiger charge is -2.26. The van der Waals surface area contributed by atoms with Crippen molar-refractivity contribution in [2.75, 3.05) is 19.7 Å². The van der Waals surface area contributed by atoms with Crippen LogP contribution in [0, 0.1) is 0 Å². The predicted octanol–water partition coefficient (Wildman–Crippen LogP) is 0.142. The van der Waals surface area contributed by atoms with Gasteiger partial charge in [0.2, 0.25) is 5.91 Å². The molecule has 0 unspecified atom stereocenters. The van der Waals surface area contributed by atoms with E-state index in [4.69, 9.17) is 9.47 Å². The quantitative estimate of drug-likeness (QED) is 0.591. The topological polar surface area (TPSA) is 105 Å². The third-order valence-corrected chi connectivity index (χ3v) is 4.00. The monoisotopic (exact) mass is 361 g/mol. The van der Waals surface area contributed by atoms with Crippen molar-refractivity contribution in [3.8, 4) is 11.5 Å². The largest absolute Gasteiger partial charge is 0.486 e. The molecule has 2 heterocycles. The van der Waals surface area contributed by atoms with Crippen molar-refractivity contribution in [1.82, 2.24) is 15.1 Å². The van der Waals surface area contributed by atoms with Crippen molar-refractivity contribution < 1.29 is 28.7 Å². The van der Waals surface area contributed by atoms with E-state index in [0.717, 1.165) is 4.90 Å². The van der Waals surface area contributed by atoms with Gasteiger partial charge < -0.3 is 14.8 Å². The molecule has 9 heteroatoms. The van der Waals surface area contributed by atoms with Crippen LogP contribution in [0.5, 0.6) is 11.5 Å². The number of imide groups is 2. The lowest BCUT2D eigenvalue weighted by molar-refractivity contribution is -0.144. The summed E-state index contributed by atoms with van der Waals surface area (Å²) in [6, 6.07) is 5.95. The van der Waals surface area contributed by atoms with Gasteiger partial charge in [-0.15, -0.1) is 0 Å². The number of para-hydroxylation sites is 2. The Bertz CT molecular complexity index is 763.